The van der Waals surface area contributed by atoms with Gasteiger partial charge in [0.15, 0.2) is 0 Å². The van der Waals surface area contributed by atoms with Crippen LogP contribution >= 0.6 is 22.6 Å². The number of aryl methyl sites for hydroxylation is 1. The molecule has 10 heavy (non-hydrogen) atoms. The molecule has 54 valence electrons. The van der Waals surface area contributed by atoms with E-state index in [1.54, 1.807) is 19.4 Å². The van der Waals surface area contributed by atoms with Crippen LogP contribution in [0.4, 0.5) is 0 Å². The van der Waals surface area contributed by atoms with Crippen LogP contribution in [-0.4, -0.2) is 9.55 Å². The molecule has 0 fully saturated rings. The molecule has 0 atom stereocenters. The molecule has 0 aliphatic rings. The van der Waals surface area contributed by atoms with Crippen LogP contribution in [0.2, 0.25) is 0 Å². The van der Waals surface area contributed by atoms with Crippen molar-refractivity contribution in [3.63, 3.8) is 0 Å². The molecule has 0 aromatic carbocycles. The molecule has 0 saturated heterocycles. The Hall–Kier alpha value is -0.390. The minimum Gasteiger partial charge on any atom is -0.315 e. The van der Waals surface area contributed by atoms with E-state index < -0.39 is 0 Å². The molecule has 0 saturated carbocycles. The third kappa shape index (κ3) is 1.36. The van der Waals surface area contributed by atoms with E-state index in [9.17, 15) is 4.79 Å². The predicted octanol–water partition coefficient (Wildman–Crippen LogP) is 0.715. The lowest BCUT2D eigenvalue weighted by Gasteiger charge is -1.96. The number of hydrogen-bond acceptors (Lipinski definition) is 2. The Labute approximate surface area is 72.2 Å². The molecule has 1 aromatic heterocycles. The van der Waals surface area contributed by atoms with E-state index >= 15 is 0 Å². The third-order valence-electron chi connectivity index (χ3n) is 1.21. The van der Waals surface area contributed by atoms with Crippen LogP contribution in [0.5, 0.6) is 0 Å². The summed E-state index contributed by atoms with van der Waals surface area (Å²) in [6.45, 7) is 0. The molecule has 1 heterocycles. The average molecular weight is 250 g/mol. The fourth-order valence-corrected chi connectivity index (χ4v) is 1.16. The Morgan fingerprint density at radius 1 is 1.80 bits per heavy atom. The Morgan fingerprint density at radius 2 is 2.50 bits per heavy atom. The normalized spacial score (nSPS) is 9.80. The maximum absolute atomic E-state index is 11.1. The molecule has 1 rings (SSSR count). The lowest BCUT2D eigenvalue weighted by atomic mass is 10.5. The molecule has 1 aromatic rings. The Balaban J connectivity index is 3.28. The molecule has 0 aliphatic carbocycles. The first-order valence-electron chi connectivity index (χ1n) is 2.82. The lowest BCUT2D eigenvalue weighted by molar-refractivity contribution is 0.821. The van der Waals surface area contributed by atoms with Crippen molar-refractivity contribution in [3.05, 3.63) is 28.4 Å². The molecule has 3 nitrogen and oxygen atoms in total. The smallest absolute Gasteiger partial charge is 0.272 e. The van der Waals surface area contributed by atoms with Gasteiger partial charge < -0.3 is 4.57 Å². The van der Waals surface area contributed by atoms with Crippen LogP contribution < -0.4 is 5.56 Å². The van der Waals surface area contributed by atoms with Gasteiger partial charge in [0.05, 0.1) is 0 Å². The van der Waals surface area contributed by atoms with Gasteiger partial charge in [0.25, 0.3) is 5.56 Å². The maximum Gasteiger partial charge on any atom is 0.272 e. The van der Waals surface area contributed by atoms with E-state index in [1.165, 1.54) is 4.57 Å². The van der Waals surface area contributed by atoms with Gasteiger partial charge >= 0.3 is 0 Å². The summed E-state index contributed by atoms with van der Waals surface area (Å²) in [5.74, 6) is 0. The van der Waals surface area contributed by atoms with Gasteiger partial charge in [-0.05, 0) is 0 Å². The minimum atomic E-state index is -0.00287. The standard InChI is InChI=1S/C6H7IN2O/c1-9-3-2-8-5(4-7)6(9)10/h2-3H,4H2,1H3. The monoisotopic (exact) mass is 250 g/mol. The summed E-state index contributed by atoms with van der Waals surface area (Å²) in [6, 6.07) is 0. The molecule has 4 heteroatoms. The SMILES string of the molecule is Cn1ccnc(CI)c1=O. The van der Waals surface area contributed by atoms with E-state index in [0.29, 0.717) is 10.1 Å². The quantitative estimate of drug-likeness (QED) is 0.543. The molecule has 0 radical (unpaired) electrons. The highest BCUT2D eigenvalue weighted by Gasteiger charge is 1.97. The van der Waals surface area contributed by atoms with Crippen LogP contribution in [0.3, 0.4) is 0 Å². The van der Waals surface area contributed by atoms with E-state index in [0.717, 1.165) is 0 Å². The van der Waals surface area contributed by atoms with Crippen molar-refractivity contribution < 1.29 is 0 Å². The van der Waals surface area contributed by atoms with Crippen molar-refractivity contribution in [2.75, 3.05) is 0 Å². The zero-order chi connectivity index (χ0) is 7.56. The third-order valence-corrected chi connectivity index (χ3v) is 1.94. The second-order valence-electron chi connectivity index (χ2n) is 1.92. The summed E-state index contributed by atoms with van der Waals surface area (Å²) in [4.78, 5) is 15.0. The molecule has 0 unspecified atom stereocenters. The molecule has 0 amide bonds. The van der Waals surface area contributed by atoms with E-state index in [1.807, 2.05) is 0 Å². The van der Waals surface area contributed by atoms with Crippen molar-refractivity contribution in [1.29, 1.82) is 0 Å². The van der Waals surface area contributed by atoms with E-state index in [-0.39, 0.29) is 5.56 Å². The maximum atomic E-state index is 11.1. The fourth-order valence-electron chi connectivity index (χ4n) is 0.641. The van der Waals surface area contributed by atoms with Crippen LogP contribution in [-0.2, 0) is 11.5 Å². The van der Waals surface area contributed by atoms with Gasteiger partial charge in [-0.1, -0.05) is 22.6 Å². The van der Waals surface area contributed by atoms with Gasteiger partial charge in [-0.2, -0.15) is 0 Å². The molecular formula is C6H7IN2O. The fraction of sp³-hybridized carbons (Fsp3) is 0.333. The van der Waals surface area contributed by atoms with Crippen molar-refractivity contribution >= 4 is 22.6 Å². The first-order valence-corrected chi connectivity index (χ1v) is 4.34. The topological polar surface area (TPSA) is 34.9 Å². The summed E-state index contributed by atoms with van der Waals surface area (Å²) in [6.07, 6.45) is 3.29. The second-order valence-corrected chi connectivity index (χ2v) is 2.69. The minimum absolute atomic E-state index is 0.00287. The summed E-state index contributed by atoms with van der Waals surface area (Å²) in [5, 5.41) is 0. The molecule has 0 bridgehead atoms. The van der Waals surface area contributed by atoms with Crippen molar-refractivity contribution in [3.8, 4) is 0 Å². The van der Waals surface area contributed by atoms with Gasteiger partial charge in [-0.15, -0.1) is 0 Å². The highest BCUT2D eigenvalue weighted by molar-refractivity contribution is 14.1. The summed E-state index contributed by atoms with van der Waals surface area (Å²) >= 11 is 2.12. The predicted molar refractivity (Wildman–Crippen MR) is 47.2 cm³/mol. The van der Waals surface area contributed by atoms with Crippen LogP contribution in [0.15, 0.2) is 17.2 Å². The van der Waals surface area contributed by atoms with Gasteiger partial charge in [-0.25, -0.2) is 0 Å². The number of nitrogens with zero attached hydrogens (tertiary/aromatic N) is 2. The second kappa shape index (κ2) is 3.14. The first kappa shape index (κ1) is 7.71. The van der Waals surface area contributed by atoms with Gasteiger partial charge in [0.2, 0.25) is 0 Å². The summed E-state index contributed by atoms with van der Waals surface area (Å²) in [5.41, 5.74) is 0.613. The highest BCUT2D eigenvalue weighted by atomic mass is 127. The van der Waals surface area contributed by atoms with Crippen molar-refractivity contribution in [2.45, 2.75) is 4.43 Å². The lowest BCUT2D eigenvalue weighted by Crippen LogP contribution is -2.20. The molecule has 0 spiro atoms. The Kier molecular flexibility index (Phi) is 2.42. The number of aromatic nitrogens is 2. The van der Waals surface area contributed by atoms with Crippen LogP contribution in [0, 0.1) is 0 Å². The summed E-state index contributed by atoms with van der Waals surface area (Å²) < 4.78 is 2.20. The van der Waals surface area contributed by atoms with Crippen LogP contribution in [0.25, 0.3) is 0 Å². The highest BCUT2D eigenvalue weighted by Crippen LogP contribution is 1.93. The largest absolute Gasteiger partial charge is 0.315 e. The van der Waals surface area contributed by atoms with E-state index in [2.05, 4.69) is 27.6 Å². The molecule has 0 N–H and O–H groups in total. The zero-order valence-electron chi connectivity index (χ0n) is 5.54. The number of rotatable bonds is 1. The van der Waals surface area contributed by atoms with Gasteiger partial charge in [-0.3, -0.25) is 9.78 Å². The Morgan fingerprint density at radius 3 is 3.00 bits per heavy atom. The number of alkyl halides is 1. The summed E-state index contributed by atoms with van der Waals surface area (Å²) in [7, 11) is 1.72. The van der Waals surface area contributed by atoms with Crippen molar-refractivity contribution in [1.82, 2.24) is 9.55 Å². The van der Waals surface area contributed by atoms with Gasteiger partial charge in [0.1, 0.15) is 5.69 Å². The average Bonchev–Trinajstić information content (AvgIpc) is 1.95. The zero-order valence-corrected chi connectivity index (χ0v) is 7.70. The van der Waals surface area contributed by atoms with Crippen LogP contribution in [0.1, 0.15) is 5.69 Å². The number of hydrogen-bond donors (Lipinski definition) is 0. The first-order chi connectivity index (χ1) is 4.75. The molecule has 0 aliphatic heterocycles. The molecular weight excluding hydrogens is 243 g/mol. The van der Waals surface area contributed by atoms with E-state index in [4.69, 9.17) is 0 Å². The van der Waals surface area contributed by atoms with Crippen molar-refractivity contribution in [2.24, 2.45) is 7.05 Å². The number of halogens is 1. The van der Waals surface area contributed by atoms with Gasteiger partial charge in [0, 0.05) is 23.9 Å². The Bertz CT molecular complexity index is 281.